The average molecular weight is 374 g/mol. The van der Waals surface area contributed by atoms with Crippen molar-refractivity contribution in [1.82, 2.24) is 14.9 Å². The third kappa shape index (κ3) is 5.78. The molecule has 1 heterocycles. The quantitative estimate of drug-likeness (QED) is 0.530. The lowest BCUT2D eigenvalue weighted by molar-refractivity contribution is -0.0496. The van der Waals surface area contributed by atoms with Gasteiger partial charge in [0, 0.05) is 39.8 Å². The van der Waals surface area contributed by atoms with Crippen LogP contribution in [0.15, 0.2) is 4.99 Å². The highest BCUT2D eigenvalue weighted by molar-refractivity contribution is 7.90. The zero-order chi connectivity index (χ0) is 18.4. The van der Waals surface area contributed by atoms with E-state index in [0.29, 0.717) is 36.3 Å². The summed E-state index contributed by atoms with van der Waals surface area (Å²) in [5.74, 6) is 0.658. The summed E-state index contributed by atoms with van der Waals surface area (Å²) >= 11 is 0. The maximum absolute atomic E-state index is 12.5. The summed E-state index contributed by atoms with van der Waals surface area (Å²) < 4.78 is 65.8. The molecule has 0 saturated carbocycles. The van der Waals surface area contributed by atoms with Crippen LogP contribution in [0.25, 0.3) is 0 Å². The fraction of sp³-hybridized carbons (Fsp3) is 0.923. The van der Waals surface area contributed by atoms with E-state index in [0.717, 1.165) is 0 Å². The first-order chi connectivity index (χ1) is 11.1. The molecule has 142 valence electrons. The number of hydrogen-bond donors (Lipinski definition) is 2. The Balaban J connectivity index is 2.44. The van der Waals surface area contributed by atoms with Crippen molar-refractivity contribution in [3.63, 3.8) is 0 Å². The van der Waals surface area contributed by atoms with Crippen molar-refractivity contribution in [3.8, 4) is 0 Å². The fourth-order valence-electron chi connectivity index (χ4n) is 2.46. The Bertz CT molecular complexity index is 517. The molecule has 1 unspecified atom stereocenters. The number of ether oxygens (including phenoxy) is 1. The van der Waals surface area contributed by atoms with Crippen molar-refractivity contribution in [2.24, 2.45) is 10.9 Å². The number of hydrogen-bond acceptors (Lipinski definition) is 4. The van der Waals surface area contributed by atoms with Crippen molar-refractivity contribution < 1.29 is 26.3 Å². The number of halogens is 3. The summed E-state index contributed by atoms with van der Waals surface area (Å²) in [6, 6.07) is 0.0555. The van der Waals surface area contributed by atoms with Crippen LogP contribution in [-0.2, 0) is 14.8 Å². The molecule has 0 bridgehead atoms. The largest absolute Gasteiger partial charge is 0.511 e. The standard InChI is InChI=1S/C13H25F3N4O3S/c1-10(9-23-3)19-12(17-2)18-8-11-4-6-20(7-5-11)24(21,22)13(14,15)16/h10-11H,4-9H2,1-3H3,(H2,17,18,19). The average Bonchev–Trinajstić information content (AvgIpc) is 2.51. The molecule has 0 aromatic rings. The van der Waals surface area contributed by atoms with E-state index in [1.165, 1.54) is 0 Å². The van der Waals surface area contributed by atoms with Gasteiger partial charge in [0.05, 0.1) is 6.61 Å². The van der Waals surface area contributed by atoms with Gasteiger partial charge in [-0.25, -0.2) is 8.42 Å². The minimum absolute atomic E-state index is 0.0555. The summed E-state index contributed by atoms with van der Waals surface area (Å²) in [6.45, 7) is 2.70. The Morgan fingerprint density at radius 3 is 2.42 bits per heavy atom. The maximum Gasteiger partial charge on any atom is 0.511 e. The van der Waals surface area contributed by atoms with Crippen LogP contribution in [0, 0.1) is 5.92 Å². The van der Waals surface area contributed by atoms with Gasteiger partial charge in [0.1, 0.15) is 0 Å². The molecule has 0 aliphatic carbocycles. The van der Waals surface area contributed by atoms with Crippen LogP contribution in [-0.4, -0.2) is 70.6 Å². The van der Waals surface area contributed by atoms with Crippen molar-refractivity contribution in [1.29, 1.82) is 0 Å². The van der Waals surface area contributed by atoms with E-state index in [2.05, 4.69) is 15.6 Å². The monoisotopic (exact) mass is 374 g/mol. The molecule has 0 radical (unpaired) electrons. The molecule has 0 aromatic carbocycles. The summed E-state index contributed by atoms with van der Waals surface area (Å²) in [5.41, 5.74) is -5.23. The second kappa shape index (κ2) is 8.86. The van der Waals surface area contributed by atoms with Gasteiger partial charge in [0.2, 0.25) is 0 Å². The molecule has 1 fully saturated rings. The molecular weight excluding hydrogens is 349 g/mol. The van der Waals surface area contributed by atoms with Gasteiger partial charge >= 0.3 is 15.5 Å². The molecule has 0 amide bonds. The predicted molar refractivity (Wildman–Crippen MR) is 85.1 cm³/mol. The SMILES string of the molecule is CN=C(NCC1CCN(S(=O)(=O)C(F)(F)F)CC1)NC(C)COC. The lowest BCUT2D eigenvalue weighted by atomic mass is 9.98. The highest BCUT2D eigenvalue weighted by Crippen LogP contribution is 2.30. The molecular formula is C13H25F3N4O3S. The lowest BCUT2D eigenvalue weighted by Gasteiger charge is -2.32. The molecule has 1 atom stereocenters. The first-order valence-corrected chi connectivity index (χ1v) is 9.08. The molecule has 7 nitrogen and oxygen atoms in total. The van der Waals surface area contributed by atoms with E-state index in [4.69, 9.17) is 4.74 Å². The number of methoxy groups -OCH3 is 1. The molecule has 0 spiro atoms. The second-order valence-corrected chi connectivity index (χ2v) is 7.68. The Morgan fingerprint density at radius 1 is 1.38 bits per heavy atom. The Hall–Kier alpha value is -1.07. The van der Waals surface area contributed by atoms with E-state index in [9.17, 15) is 21.6 Å². The summed E-state index contributed by atoms with van der Waals surface area (Å²) in [4.78, 5) is 4.06. The maximum atomic E-state index is 12.5. The summed E-state index contributed by atoms with van der Waals surface area (Å²) in [5, 5.41) is 6.22. The van der Waals surface area contributed by atoms with Crippen molar-refractivity contribution in [2.45, 2.75) is 31.3 Å². The van der Waals surface area contributed by atoms with Gasteiger partial charge < -0.3 is 15.4 Å². The molecule has 1 aliphatic rings. The fourth-order valence-corrected chi connectivity index (χ4v) is 3.45. The number of nitrogens with zero attached hydrogens (tertiary/aromatic N) is 2. The Morgan fingerprint density at radius 2 is 1.96 bits per heavy atom. The van der Waals surface area contributed by atoms with E-state index in [1.54, 1.807) is 14.2 Å². The molecule has 1 saturated heterocycles. The van der Waals surface area contributed by atoms with Gasteiger partial charge in [-0.05, 0) is 25.7 Å². The van der Waals surface area contributed by atoms with Gasteiger partial charge in [0.15, 0.2) is 5.96 Å². The molecule has 1 rings (SSSR count). The van der Waals surface area contributed by atoms with Gasteiger partial charge in [-0.1, -0.05) is 0 Å². The van der Waals surface area contributed by atoms with Gasteiger partial charge in [-0.2, -0.15) is 17.5 Å². The van der Waals surface area contributed by atoms with Crippen molar-refractivity contribution >= 4 is 16.0 Å². The van der Waals surface area contributed by atoms with Crippen LogP contribution in [0.2, 0.25) is 0 Å². The zero-order valence-electron chi connectivity index (χ0n) is 14.1. The first-order valence-electron chi connectivity index (χ1n) is 7.64. The molecule has 1 aliphatic heterocycles. The van der Waals surface area contributed by atoms with Crippen molar-refractivity contribution in [3.05, 3.63) is 0 Å². The van der Waals surface area contributed by atoms with Crippen molar-refractivity contribution in [2.75, 3.05) is 40.4 Å². The van der Waals surface area contributed by atoms with Crippen LogP contribution >= 0.6 is 0 Å². The van der Waals surface area contributed by atoms with Crippen LogP contribution in [0.3, 0.4) is 0 Å². The lowest BCUT2D eigenvalue weighted by Crippen LogP contribution is -2.48. The van der Waals surface area contributed by atoms with Gasteiger partial charge in [-0.3, -0.25) is 4.99 Å². The number of alkyl halides is 3. The zero-order valence-corrected chi connectivity index (χ0v) is 14.9. The number of guanidine groups is 1. The van der Waals surface area contributed by atoms with Gasteiger partial charge in [0.25, 0.3) is 0 Å². The first kappa shape index (κ1) is 21.0. The van der Waals surface area contributed by atoms with E-state index >= 15 is 0 Å². The number of rotatable bonds is 6. The van der Waals surface area contributed by atoms with Crippen LogP contribution in [0.4, 0.5) is 13.2 Å². The number of piperidine rings is 1. The topological polar surface area (TPSA) is 83.0 Å². The molecule has 0 aromatic heterocycles. The number of aliphatic imine (C=N–C) groups is 1. The Kier molecular flexibility index (Phi) is 7.74. The van der Waals surface area contributed by atoms with E-state index in [-0.39, 0.29) is 25.0 Å². The highest BCUT2D eigenvalue weighted by atomic mass is 32.2. The minimum Gasteiger partial charge on any atom is -0.383 e. The third-order valence-electron chi connectivity index (χ3n) is 3.79. The molecule has 11 heteroatoms. The smallest absolute Gasteiger partial charge is 0.383 e. The molecule has 24 heavy (non-hydrogen) atoms. The van der Waals surface area contributed by atoms with Gasteiger partial charge in [-0.15, -0.1) is 0 Å². The number of sulfonamides is 1. The summed E-state index contributed by atoms with van der Waals surface area (Å²) in [7, 11) is -2.01. The minimum atomic E-state index is -5.23. The summed E-state index contributed by atoms with van der Waals surface area (Å²) in [6.07, 6.45) is 0.736. The van der Waals surface area contributed by atoms with E-state index in [1.807, 2.05) is 6.92 Å². The highest BCUT2D eigenvalue weighted by Gasteiger charge is 2.50. The van der Waals surface area contributed by atoms with Crippen LogP contribution in [0.1, 0.15) is 19.8 Å². The van der Waals surface area contributed by atoms with E-state index < -0.39 is 15.5 Å². The second-order valence-electron chi connectivity index (χ2n) is 5.75. The predicted octanol–water partition coefficient (Wildman–Crippen LogP) is 0.748. The third-order valence-corrected chi connectivity index (χ3v) is 5.42. The van der Waals surface area contributed by atoms with Crippen LogP contribution in [0.5, 0.6) is 0 Å². The normalized spacial score (nSPS) is 20.0. The number of nitrogens with one attached hydrogen (secondary N) is 2. The van der Waals surface area contributed by atoms with Crippen LogP contribution < -0.4 is 10.6 Å². The Labute approximate surface area is 140 Å². The molecule has 2 N–H and O–H groups in total.